The Morgan fingerprint density at radius 2 is 1.74 bits per heavy atom. The van der Waals surface area contributed by atoms with E-state index in [-0.39, 0.29) is 22.2 Å². The van der Waals surface area contributed by atoms with Crippen molar-refractivity contribution in [1.29, 1.82) is 0 Å². The number of ketones is 1. The lowest BCUT2D eigenvalue weighted by Crippen LogP contribution is -2.29. The summed E-state index contributed by atoms with van der Waals surface area (Å²) in [6.07, 6.45) is 0. The smallest absolute Gasteiger partial charge is 0.301 e. The van der Waals surface area contributed by atoms with Gasteiger partial charge in [0.2, 0.25) is 5.13 Å². The SMILES string of the molecule is Cc1ccc(/C(O)=C2/C(=O)C(=O)N(c3nnc(SCc4ccc(Cl)cc4Cl)s3)C2c2ccc(O)cc2)cc1. The number of aromatic hydroxyl groups is 1. The standard InChI is InChI=1S/C27H19Cl2N3O4S2/c1-14-2-4-16(5-3-14)23(34)21-22(15-7-10-19(33)11-8-15)32(25(36)24(21)35)26-30-31-27(38-26)37-13-17-6-9-18(28)12-20(17)29/h2-12,22,33-34H,13H2,1H3/b23-21-. The Labute approximate surface area is 236 Å². The monoisotopic (exact) mass is 583 g/mol. The van der Waals surface area contributed by atoms with Crippen LogP contribution in [0.1, 0.15) is 28.3 Å². The number of anilines is 1. The van der Waals surface area contributed by atoms with E-state index >= 15 is 0 Å². The third-order valence-corrected chi connectivity index (χ3v) is 8.64. The molecular formula is C27H19Cl2N3O4S2. The van der Waals surface area contributed by atoms with Crippen LogP contribution < -0.4 is 4.90 Å². The van der Waals surface area contributed by atoms with Crippen LogP contribution in [0, 0.1) is 6.92 Å². The van der Waals surface area contributed by atoms with Crippen LogP contribution in [-0.2, 0) is 15.3 Å². The van der Waals surface area contributed by atoms with Crippen LogP contribution in [0.15, 0.2) is 76.6 Å². The van der Waals surface area contributed by atoms with Gasteiger partial charge in [0.15, 0.2) is 4.34 Å². The molecule has 38 heavy (non-hydrogen) atoms. The molecule has 0 spiro atoms. The molecule has 1 fully saturated rings. The highest BCUT2D eigenvalue weighted by atomic mass is 35.5. The first-order valence-electron chi connectivity index (χ1n) is 11.3. The number of phenols is 1. The molecule has 1 saturated heterocycles. The Balaban J connectivity index is 1.52. The van der Waals surface area contributed by atoms with E-state index in [4.69, 9.17) is 23.2 Å². The van der Waals surface area contributed by atoms with Crippen molar-refractivity contribution >= 4 is 68.9 Å². The van der Waals surface area contributed by atoms with Crippen molar-refractivity contribution in [1.82, 2.24) is 10.2 Å². The lowest BCUT2D eigenvalue weighted by atomic mass is 9.95. The molecule has 0 radical (unpaired) electrons. The van der Waals surface area contributed by atoms with Gasteiger partial charge in [-0.05, 0) is 42.3 Å². The number of aryl methyl sites for hydroxylation is 1. The molecule has 1 aliphatic heterocycles. The second-order valence-electron chi connectivity index (χ2n) is 8.50. The highest BCUT2D eigenvalue weighted by Crippen LogP contribution is 2.44. The molecule has 192 valence electrons. The van der Waals surface area contributed by atoms with Gasteiger partial charge in [0.25, 0.3) is 5.78 Å². The zero-order valence-corrected chi connectivity index (χ0v) is 22.9. The Morgan fingerprint density at radius 1 is 1.03 bits per heavy atom. The molecule has 3 aromatic carbocycles. The highest BCUT2D eigenvalue weighted by molar-refractivity contribution is 8.00. The van der Waals surface area contributed by atoms with E-state index in [1.165, 1.54) is 28.8 Å². The van der Waals surface area contributed by atoms with E-state index in [1.807, 2.05) is 25.1 Å². The summed E-state index contributed by atoms with van der Waals surface area (Å²) in [6.45, 7) is 1.91. The highest BCUT2D eigenvalue weighted by Gasteiger charge is 2.48. The number of nitrogens with zero attached hydrogens (tertiary/aromatic N) is 3. The van der Waals surface area contributed by atoms with Crippen LogP contribution in [0.25, 0.3) is 5.76 Å². The van der Waals surface area contributed by atoms with Gasteiger partial charge < -0.3 is 10.2 Å². The van der Waals surface area contributed by atoms with Crippen LogP contribution in [0.3, 0.4) is 0 Å². The number of aliphatic hydroxyl groups is 1. The van der Waals surface area contributed by atoms with Gasteiger partial charge in [-0.15, -0.1) is 10.2 Å². The summed E-state index contributed by atoms with van der Waals surface area (Å²) in [7, 11) is 0. The predicted molar refractivity (Wildman–Crippen MR) is 150 cm³/mol. The average Bonchev–Trinajstić information content (AvgIpc) is 3.46. The minimum Gasteiger partial charge on any atom is -0.508 e. The van der Waals surface area contributed by atoms with Gasteiger partial charge in [-0.3, -0.25) is 14.5 Å². The second kappa shape index (κ2) is 10.8. The quantitative estimate of drug-likeness (QED) is 0.0847. The summed E-state index contributed by atoms with van der Waals surface area (Å²) in [5, 5.41) is 30.7. The van der Waals surface area contributed by atoms with Gasteiger partial charge in [0.05, 0.1) is 11.6 Å². The fraction of sp³-hybridized carbons (Fsp3) is 0.111. The summed E-state index contributed by atoms with van der Waals surface area (Å²) in [5.41, 5.74) is 2.71. The van der Waals surface area contributed by atoms with Crippen molar-refractivity contribution in [2.45, 2.75) is 23.1 Å². The second-order valence-corrected chi connectivity index (χ2v) is 11.5. The molecule has 2 N–H and O–H groups in total. The van der Waals surface area contributed by atoms with Crippen LogP contribution >= 0.6 is 46.3 Å². The Bertz CT molecular complexity index is 1570. The maximum Gasteiger partial charge on any atom is 0.301 e. The molecule has 1 atom stereocenters. The van der Waals surface area contributed by atoms with Gasteiger partial charge in [-0.25, -0.2) is 0 Å². The number of rotatable bonds is 6. The van der Waals surface area contributed by atoms with Crippen molar-refractivity contribution in [2.24, 2.45) is 0 Å². The fourth-order valence-corrected chi connectivity index (χ4v) is 6.43. The first kappa shape index (κ1) is 26.2. The maximum absolute atomic E-state index is 13.3. The molecule has 1 unspecified atom stereocenters. The molecule has 1 aromatic heterocycles. The van der Waals surface area contributed by atoms with E-state index in [9.17, 15) is 19.8 Å². The van der Waals surface area contributed by atoms with E-state index in [2.05, 4.69) is 10.2 Å². The summed E-state index contributed by atoms with van der Waals surface area (Å²) in [4.78, 5) is 27.8. The number of carbonyl (C=O) groups is 2. The molecule has 5 rings (SSSR count). The van der Waals surface area contributed by atoms with Crippen LogP contribution in [0.2, 0.25) is 10.0 Å². The van der Waals surface area contributed by atoms with E-state index in [0.717, 1.165) is 22.5 Å². The zero-order chi connectivity index (χ0) is 27.0. The number of aliphatic hydroxyl groups excluding tert-OH is 1. The van der Waals surface area contributed by atoms with Crippen molar-refractivity contribution < 1.29 is 19.8 Å². The number of thioether (sulfide) groups is 1. The van der Waals surface area contributed by atoms with Gasteiger partial charge in [-0.1, -0.05) is 94.3 Å². The minimum atomic E-state index is -0.964. The summed E-state index contributed by atoms with van der Waals surface area (Å²) in [5.74, 6) is -1.43. The topological polar surface area (TPSA) is 104 Å². The van der Waals surface area contributed by atoms with Crippen molar-refractivity contribution in [3.8, 4) is 5.75 Å². The number of hydrogen-bond acceptors (Lipinski definition) is 8. The number of amides is 1. The third kappa shape index (κ3) is 5.15. The van der Waals surface area contributed by atoms with Crippen LogP contribution in [0.4, 0.5) is 5.13 Å². The molecule has 7 nitrogen and oxygen atoms in total. The molecule has 0 bridgehead atoms. The molecular weight excluding hydrogens is 565 g/mol. The Morgan fingerprint density at radius 3 is 2.42 bits per heavy atom. The van der Waals surface area contributed by atoms with E-state index < -0.39 is 17.7 Å². The molecule has 2 heterocycles. The van der Waals surface area contributed by atoms with E-state index in [1.54, 1.807) is 36.4 Å². The lowest BCUT2D eigenvalue weighted by molar-refractivity contribution is -0.132. The predicted octanol–water partition coefficient (Wildman–Crippen LogP) is 6.78. The average molecular weight is 585 g/mol. The normalized spacial score (nSPS) is 16.8. The number of carbonyl (C=O) groups excluding carboxylic acids is 2. The van der Waals surface area contributed by atoms with Gasteiger partial charge in [0, 0.05) is 21.4 Å². The van der Waals surface area contributed by atoms with E-state index in [0.29, 0.717) is 31.3 Å². The summed E-state index contributed by atoms with van der Waals surface area (Å²) in [6, 6.07) is 17.4. The van der Waals surface area contributed by atoms with Crippen molar-refractivity contribution in [2.75, 3.05) is 4.90 Å². The number of halogens is 2. The lowest BCUT2D eigenvalue weighted by Gasteiger charge is -2.22. The molecule has 0 saturated carbocycles. The van der Waals surface area contributed by atoms with Crippen LogP contribution in [-0.4, -0.2) is 32.1 Å². The van der Waals surface area contributed by atoms with Gasteiger partial charge in [0.1, 0.15) is 11.5 Å². The molecule has 0 aliphatic carbocycles. The molecule has 11 heteroatoms. The zero-order valence-electron chi connectivity index (χ0n) is 19.8. The first-order valence-corrected chi connectivity index (χ1v) is 13.9. The van der Waals surface area contributed by atoms with Gasteiger partial charge >= 0.3 is 5.91 Å². The number of Topliss-reactive ketones (excluding diaryl/α,β-unsaturated/α-hetero) is 1. The fourth-order valence-electron chi connectivity index (χ4n) is 4.01. The largest absolute Gasteiger partial charge is 0.508 e. The van der Waals surface area contributed by atoms with Gasteiger partial charge in [-0.2, -0.15) is 0 Å². The van der Waals surface area contributed by atoms with Crippen LogP contribution in [0.5, 0.6) is 5.75 Å². The number of hydrogen-bond donors (Lipinski definition) is 2. The Hall–Kier alpha value is -3.37. The number of aromatic nitrogens is 2. The van der Waals surface area contributed by atoms with Crippen molar-refractivity contribution in [3.05, 3.63) is 105 Å². The molecule has 1 amide bonds. The minimum absolute atomic E-state index is 0.0275. The summed E-state index contributed by atoms with van der Waals surface area (Å²) >= 11 is 14.8. The first-order chi connectivity index (χ1) is 18.2. The molecule has 4 aromatic rings. The summed E-state index contributed by atoms with van der Waals surface area (Å²) < 4.78 is 0.566. The Kier molecular flexibility index (Phi) is 7.45. The molecule has 1 aliphatic rings. The number of benzene rings is 3. The third-order valence-electron chi connectivity index (χ3n) is 5.95. The maximum atomic E-state index is 13.3. The van der Waals surface area contributed by atoms with Crippen molar-refractivity contribution in [3.63, 3.8) is 0 Å². The number of phenolic OH excluding ortho intramolecular Hbond substituents is 1.